The van der Waals surface area contributed by atoms with Gasteiger partial charge in [-0.05, 0) is 69.6 Å². The summed E-state index contributed by atoms with van der Waals surface area (Å²) in [6, 6.07) is 5.65. The van der Waals surface area contributed by atoms with E-state index in [0.717, 1.165) is 62.9 Å². The fourth-order valence-electron chi connectivity index (χ4n) is 6.73. The number of fused-ring (bicyclic) bond motifs is 1. The molecule has 11 heteroatoms. The van der Waals surface area contributed by atoms with Gasteiger partial charge in [0.1, 0.15) is 17.5 Å². The molecular weight excluding hydrogens is 536 g/mol. The molecule has 0 saturated heterocycles. The molecule has 0 radical (unpaired) electrons. The summed E-state index contributed by atoms with van der Waals surface area (Å²) in [6.07, 6.45) is 11.1. The third-order valence-electron chi connectivity index (χ3n) is 9.29. The number of esters is 1. The van der Waals surface area contributed by atoms with Crippen molar-refractivity contribution in [1.82, 2.24) is 15.3 Å². The Morgan fingerprint density at radius 2 is 1.81 bits per heavy atom. The molecule has 3 saturated carbocycles. The van der Waals surface area contributed by atoms with Crippen molar-refractivity contribution in [2.24, 2.45) is 5.41 Å². The van der Waals surface area contributed by atoms with Crippen molar-refractivity contribution in [3.63, 3.8) is 0 Å². The van der Waals surface area contributed by atoms with Crippen LogP contribution in [0.3, 0.4) is 0 Å². The number of nitrogens with zero attached hydrogens (tertiary/aromatic N) is 4. The Morgan fingerprint density at radius 3 is 2.48 bits per heavy atom. The third-order valence-corrected chi connectivity index (χ3v) is 9.29. The van der Waals surface area contributed by atoms with Gasteiger partial charge in [-0.15, -0.1) is 0 Å². The van der Waals surface area contributed by atoms with Crippen molar-refractivity contribution in [3.05, 3.63) is 30.0 Å². The number of hydrogen-bond donors (Lipinski definition) is 2. The van der Waals surface area contributed by atoms with Gasteiger partial charge in [0.05, 0.1) is 24.4 Å². The molecule has 224 valence electrons. The number of aromatic nitrogens is 2. The maximum Gasteiger partial charge on any atom is 0.302 e. The number of ether oxygens (including phenoxy) is 2. The van der Waals surface area contributed by atoms with E-state index in [1.807, 2.05) is 7.05 Å². The average Bonchev–Trinajstić information content (AvgIpc) is 3.59. The van der Waals surface area contributed by atoms with E-state index in [4.69, 9.17) is 14.5 Å². The van der Waals surface area contributed by atoms with Gasteiger partial charge in [0, 0.05) is 38.2 Å². The molecule has 0 unspecified atom stereocenters. The van der Waals surface area contributed by atoms with Gasteiger partial charge in [-0.3, -0.25) is 14.4 Å². The Balaban J connectivity index is 1.18. The Kier molecular flexibility index (Phi) is 7.67. The van der Waals surface area contributed by atoms with Crippen LogP contribution in [0.1, 0.15) is 81.5 Å². The first-order valence-corrected chi connectivity index (χ1v) is 15.1. The Hall–Kier alpha value is -3.89. The van der Waals surface area contributed by atoms with Crippen molar-refractivity contribution < 1.29 is 23.9 Å². The molecule has 1 aromatic heterocycles. The minimum atomic E-state index is -0.313. The molecule has 1 aliphatic heterocycles. The second-order valence-electron chi connectivity index (χ2n) is 12.2. The largest absolute Gasteiger partial charge is 0.495 e. The highest BCUT2D eigenvalue weighted by molar-refractivity contribution is 6.03. The average molecular weight is 577 g/mol. The molecule has 1 aromatic carbocycles. The van der Waals surface area contributed by atoms with E-state index >= 15 is 0 Å². The first-order valence-electron chi connectivity index (χ1n) is 15.1. The zero-order chi connectivity index (χ0) is 29.4. The Morgan fingerprint density at radius 1 is 1.07 bits per heavy atom. The lowest BCUT2D eigenvalue weighted by atomic mass is 9.92. The van der Waals surface area contributed by atoms with Crippen LogP contribution in [-0.2, 0) is 14.3 Å². The van der Waals surface area contributed by atoms with Crippen LogP contribution in [-0.4, -0.2) is 66.6 Å². The molecule has 2 heterocycles. The summed E-state index contributed by atoms with van der Waals surface area (Å²) in [5, 5.41) is 6.39. The van der Waals surface area contributed by atoms with E-state index in [2.05, 4.69) is 20.5 Å². The molecule has 3 aliphatic carbocycles. The van der Waals surface area contributed by atoms with Gasteiger partial charge in [0.25, 0.3) is 5.91 Å². The summed E-state index contributed by atoms with van der Waals surface area (Å²) in [5.41, 5.74) is 1.55. The molecule has 0 atom stereocenters. The molecule has 42 heavy (non-hydrogen) atoms. The summed E-state index contributed by atoms with van der Waals surface area (Å²) in [7, 11) is 3.39. The minimum absolute atomic E-state index is 0.0312. The highest BCUT2D eigenvalue weighted by Gasteiger charge is 2.55. The number of amides is 2. The standard InChI is InChI=1S/C31H40N6O5/c1-19(38)42-23-11-9-21(10-12-23)33-28(39)20-8-13-24(26(16-20)41-3)34-30-32-17-25-27(35-30)37(22-6-4-5-7-22)18-31(14-15-31)29(40)36(25)2/h8,13,16-17,21-23H,4-7,9-12,14-15,18H2,1-3H3,(H,33,39)(H,32,34,35). The molecule has 11 nitrogen and oxygen atoms in total. The normalized spacial score (nSPS) is 23.3. The second-order valence-corrected chi connectivity index (χ2v) is 12.2. The predicted octanol–water partition coefficient (Wildman–Crippen LogP) is 4.34. The van der Waals surface area contributed by atoms with Crippen LogP contribution in [0, 0.1) is 5.41 Å². The first kappa shape index (κ1) is 28.2. The van der Waals surface area contributed by atoms with Gasteiger partial charge in [-0.1, -0.05) is 12.8 Å². The Labute approximate surface area is 246 Å². The topological polar surface area (TPSA) is 126 Å². The highest BCUT2D eigenvalue weighted by atomic mass is 16.5. The van der Waals surface area contributed by atoms with E-state index in [1.165, 1.54) is 19.8 Å². The number of methoxy groups -OCH3 is 1. The number of benzene rings is 1. The molecular formula is C31H40N6O5. The monoisotopic (exact) mass is 576 g/mol. The van der Waals surface area contributed by atoms with Gasteiger partial charge in [-0.25, -0.2) is 4.98 Å². The van der Waals surface area contributed by atoms with Gasteiger partial charge in [0.2, 0.25) is 11.9 Å². The minimum Gasteiger partial charge on any atom is -0.495 e. The van der Waals surface area contributed by atoms with Crippen LogP contribution in [0.2, 0.25) is 0 Å². The molecule has 4 aliphatic rings. The first-order chi connectivity index (χ1) is 20.3. The number of nitrogens with one attached hydrogen (secondary N) is 2. The third kappa shape index (κ3) is 5.61. The highest BCUT2D eigenvalue weighted by Crippen LogP contribution is 2.52. The van der Waals surface area contributed by atoms with Crippen LogP contribution in [0.25, 0.3) is 0 Å². The van der Waals surface area contributed by atoms with Crippen molar-refractivity contribution in [2.45, 2.75) is 89.3 Å². The number of anilines is 4. The van der Waals surface area contributed by atoms with E-state index < -0.39 is 0 Å². The van der Waals surface area contributed by atoms with Crippen molar-refractivity contribution in [2.75, 3.05) is 35.8 Å². The Bertz CT molecular complexity index is 1360. The smallest absolute Gasteiger partial charge is 0.302 e. The molecule has 3 fully saturated rings. The number of rotatable bonds is 7. The summed E-state index contributed by atoms with van der Waals surface area (Å²) in [6.45, 7) is 2.12. The molecule has 1 spiro atoms. The van der Waals surface area contributed by atoms with Crippen molar-refractivity contribution in [3.8, 4) is 5.75 Å². The molecule has 2 amide bonds. The lowest BCUT2D eigenvalue weighted by Crippen LogP contribution is -2.41. The maximum absolute atomic E-state index is 13.3. The zero-order valence-corrected chi connectivity index (χ0v) is 24.6. The van der Waals surface area contributed by atoms with E-state index in [9.17, 15) is 14.4 Å². The van der Waals surface area contributed by atoms with Crippen LogP contribution < -0.4 is 25.2 Å². The quantitative estimate of drug-likeness (QED) is 0.463. The van der Waals surface area contributed by atoms with Gasteiger partial charge in [-0.2, -0.15) is 4.98 Å². The van der Waals surface area contributed by atoms with Crippen molar-refractivity contribution >= 4 is 40.9 Å². The zero-order valence-electron chi connectivity index (χ0n) is 24.6. The number of hydrogen-bond acceptors (Lipinski definition) is 9. The lowest BCUT2D eigenvalue weighted by molar-refractivity contribution is -0.147. The van der Waals surface area contributed by atoms with E-state index in [0.29, 0.717) is 35.5 Å². The van der Waals surface area contributed by atoms with E-state index in [-0.39, 0.29) is 35.3 Å². The van der Waals surface area contributed by atoms with Crippen LogP contribution in [0.4, 0.5) is 23.1 Å². The summed E-state index contributed by atoms with van der Waals surface area (Å²) < 4.78 is 10.9. The molecule has 2 aromatic rings. The molecule has 0 bridgehead atoms. The maximum atomic E-state index is 13.3. The SMILES string of the molecule is COc1cc(C(=O)NC2CCC(OC(C)=O)CC2)ccc1Nc1ncc2c(n1)N(C1CCCC1)CC1(CC1)C(=O)N2C. The molecule has 2 N–H and O–H groups in total. The molecule has 6 rings (SSSR count). The number of carbonyl (C=O) groups excluding carboxylic acids is 3. The van der Waals surface area contributed by atoms with Crippen LogP contribution in [0.5, 0.6) is 5.75 Å². The number of carbonyl (C=O) groups is 3. The summed E-state index contributed by atoms with van der Waals surface area (Å²) in [5.74, 6) is 1.41. The summed E-state index contributed by atoms with van der Waals surface area (Å²) >= 11 is 0. The van der Waals surface area contributed by atoms with Gasteiger partial charge < -0.3 is 29.9 Å². The van der Waals surface area contributed by atoms with Gasteiger partial charge in [0.15, 0.2) is 5.82 Å². The predicted molar refractivity (Wildman–Crippen MR) is 158 cm³/mol. The fourth-order valence-corrected chi connectivity index (χ4v) is 6.73. The van der Waals surface area contributed by atoms with E-state index in [1.54, 1.807) is 36.4 Å². The van der Waals surface area contributed by atoms with Crippen molar-refractivity contribution in [1.29, 1.82) is 0 Å². The van der Waals surface area contributed by atoms with Gasteiger partial charge >= 0.3 is 5.97 Å². The van der Waals surface area contributed by atoms with Crippen LogP contribution >= 0.6 is 0 Å². The fraction of sp³-hybridized carbons (Fsp3) is 0.581. The summed E-state index contributed by atoms with van der Waals surface area (Å²) in [4.78, 5) is 51.2. The van der Waals surface area contributed by atoms with Crippen LogP contribution in [0.15, 0.2) is 24.4 Å². The second kappa shape index (κ2) is 11.4. The lowest BCUT2D eigenvalue weighted by Gasteiger charge is -2.31.